The Labute approximate surface area is 155 Å². The Bertz CT molecular complexity index is 679. The Morgan fingerprint density at radius 2 is 1.69 bits per heavy atom. The highest BCUT2D eigenvalue weighted by molar-refractivity contribution is 5.84. The molecule has 1 unspecified atom stereocenters. The number of hydrogen-bond donors (Lipinski definition) is 0. The number of aryl methyl sites for hydroxylation is 1. The molecule has 6 heteroatoms. The highest BCUT2D eigenvalue weighted by atomic mass is 16.2. The number of carbonyl (C=O) groups is 1. The van der Waals surface area contributed by atoms with Crippen LogP contribution in [0.25, 0.3) is 0 Å². The second-order valence-electron chi connectivity index (χ2n) is 8.49. The van der Waals surface area contributed by atoms with Gasteiger partial charge >= 0.3 is 0 Å². The fraction of sp³-hybridized carbons (Fsp3) is 0.750. The van der Waals surface area contributed by atoms with E-state index in [9.17, 15) is 4.79 Å². The lowest BCUT2D eigenvalue weighted by Gasteiger charge is -2.41. The third-order valence-corrected chi connectivity index (χ3v) is 6.53. The van der Waals surface area contributed by atoms with Gasteiger partial charge in [0.05, 0.1) is 6.04 Å². The molecule has 4 aliphatic rings. The molecular weight excluding hydrogens is 326 g/mol. The first-order valence-corrected chi connectivity index (χ1v) is 10.3. The van der Waals surface area contributed by atoms with E-state index in [2.05, 4.69) is 30.7 Å². The number of amides is 1. The zero-order chi connectivity index (χ0) is 17.7. The van der Waals surface area contributed by atoms with Gasteiger partial charge in [-0.1, -0.05) is 0 Å². The number of aromatic nitrogens is 2. The predicted molar refractivity (Wildman–Crippen MR) is 100 cm³/mol. The van der Waals surface area contributed by atoms with Crippen LogP contribution in [-0.4, -0.2) is 69.5 Å². The summed E-state index contributed by atoms with van der Waals surface area (Å²) in [4.78, 5) is 28.7. The Balaban J connectivity index is 1.24. The van der Waals surface area contributed by atoms with Crippen molar-refractivity contribution < 1.29 is 4.79 Å². The van der Waals surface area contributed by atoms with Crippen LogP contribution in [0.1, 0.15) is 50.6 Å². The fourth-order valence-corrected chi connectivity index (χ4v) is 4.86. The summed E-state index contributed by atoms with van der Waals surface area (Å²) in [5.41, 5.74) is 1.04. The van der Waals surface area contributed by atoms with E-state index in [1.165, 1.54) is 25.7 Å². The van der Waals surface area contributed by atoms with Crippen molar-refractivity contribution in [2.45, 2.75) is 76.0 Å². The maximum atomic E-state index is 12.7. The van der Waals surface area contributed by atoms with Crippen LogP contribution in [0.4, 0.5) is 5.82 Å². The lowest BCUT2D eigenvalue weighted by molar-refractivity contribution is -0.133. The highest BCUT2D eigenvalue weighted by Crippen LogP contribution is 2.37. The van der Waals surface area contributed by atoms with Gasteiger partial charge in [0.2, 0.25) is 5.91 Å². The molecule has 26 heavy (non-hydrogen) atoms. The second-order valence-corrected chi connectivity index (χ2v) is 8.49. The molecule has 1 atom stereocenters. The molecule has 2 saturated heterocycles. The molecule has 5 rings (SSSR count). The van der Waals surface area contributed by atoms with E-state index in [-0.39, 0.29) is 6.04 Å². The van der Waals surface area contributed by atoms with Crippen LogP contribution in [0.3, 0.4) is 0 Å². The molecular formula is C20H29N5O. The zero-order valence-corrected chi connectivity index (χ0v) is 15.7. The second kappa shape index (κ2) is 6.48. The van der Waals surface area contributed by atoms with Gasteiger partial charge in [0, 0.05) is 49.5 Å². The molecule has 0 radical (unpaired) electrons. The highest BCUT2D eigenvalue weighted by Gasteiger charge is 2.44. The minimum Gasteiger partial charge on any atom is -0.350 e. The van der Waals surface area contributed by atoms with Crippen LogP contribution in [0.15, 0.2) is 12.4 Å². The van der Waals surface area contributed by atoms with Gasteiger partial charge in [-0.25, -0.2) is 9.97 Å². The average molecular weight is 355 g/mol. The van der Waals surface area contributed by atoms with E-state index < -0.39 is 0 Å². The molecule has 6 nitrogen and oxygen atoms in total. The van der Waals surface area contributed by atoms with Crippen molar-refractivity contribution in [1.82, 2.24) is 19.8 Å². The molecule has 2 aliphatic heterocycles. The summed E-state index contributed by atoms with van der Waals surface area (Å²) in [5, 5.41) is 0. The summed E-state index contributed by atoms with van der Waals surface area (Å²) in [6.07, 6.45) is 9.97. The third-order valence-electron chi connectivity index (χ3n) is 6.53. The molecule has 4 fully saturated rings. The summed E-state index contributed by atoms with van der Waals surface area (Å²) in [7, 11) is 0. The predicted octanol–water partition coefficient (Wildman–Crippen LogP) is 1.98. The quantitative estimate of drug-likeness (QED) is 0.808. The number of likely N-dealkylation sites (tertiary alicyclic amines) is 2. The van der Waals surface area contributed by atoms with Crippen molar-refractivity contribution in [2.24, 2.45) is 0 Å². The first-order valence-electron chi connectivity index (χ1n) is 10.3. The van der Waals surface area contributed by atoms with Crippen molar-refractivity contribution in [2.75, 3.05) is 24.5 Å². The molecule has 140 valence electrons. The molecule has 2 aliphatic carbocycles. The Morgan fingerprint density at radius 3 is 2.35 bits per heavy atom. The number of piperidine rings is 1. The van der Waals surface area contributed by atoms with E-state index in [1.54, 1.807) is 6.33 Å². The van der Waals surface area contributed by atoms with Crippen LogP contribution >= 0.6 is 0 Å². The average Bonchev–Trinajstić information content (AvgIpc) is 3.56. The molecule has 0 aromatic carbocycles. The largest absolute Gasteiger partial charge is 0.350 e. The number of anilines is 1. The summed E-state index contributed by atoms with van der Waals surface area (Å²) < 4.78 is 0. The molecule has 3 heterocycles. The van der Waals surface area contributed by atoms with Gasteiger partial charge < -0.3 is 9.80 Å². The number of carbonyl (C=O) groups excluding carboxylic acids is 1. The summed E-state index contributed by atoms with van der Waals surface area (Å²) in [5.74, 6) is 1.49. The standard InChI is InChI=1S/C20H29N5O/c1-14-12-19(22-13-21-14)25(16-4-5-16)17-6-9-23(10-7-17)18-8-11-24(20(18)26)15-2-3-15/h12-13,15-18H,2-11H2,1H3. The van der Waals surface area contributed by atoms with Crippen molar-refractivity contribution in [3.63, 3.8) is 0 Å². The number of hydrogen-bond acceptors (Lipinski definition) is 5. The van der Waals surface area contributed by atoms with Crippen LogP contribution in [0.2, 0.25) is 0 Å². The molecule has 0 spiro atoms. The smallest absolute Gasteiger partial charge is 0.240 e. The van der Waals surface area contributed by atoms with Gasteiger partial charge in [0.15, 0.2) is 0 Å². The zero-order valence-electron chi connectivity index (χ0n) is 15.7. The van der Waals surface area contributed by atoms with Gasteiger partial charge in [-0.05, 0) is 51.9 Å². The van der Waals surface area contributed by atoms with E-state index >= 15 is 0 Å². The van der Waals surface area contributed by atoms with E-state index in [4.69, 9.17) is 0 Å². The number of rotatable bonds is 5. The lowest BCUT2D eigenvalue weighted by Crippen LogP contribution is -2.51. The van der Waals surface area contributed by atoms with Crippen LogP contribution in [0.5, 0.6) is 0 Å². The lowest BCUT2D eigenvalue weighted by atomic mass is 10.0. The van der Waals surface area contributed by atoms with E-state index in [0.29, 0.717) is 24.0 Å². The molecule has 2 saturated carbocycles. The third kappa shape index (κ3) is 3.08. The maximum absolute atomic E-state index is 12.7. The first-order chi connectivity index (χ1) is 12.7. The van der Waals surface area contributed by atoms with E-state index in [0.717, 1.165) is 50.4 Å². The molecule has 0 bridgehead atoms. The van der Waals surface area contributed by atoms with Gasteiger partial charge in [-0.15, -0.1) is 0 Å². The maximum Gasteiger partial charge on any atom is 0.240 e. The number of nitrogens with zero attached hydrogens (tertiary/aromatic N) is 5. The first kappa shape index (κ1) is 16.5. The SMILES string of the molecule is Cc1cc(N(C2CC2)C2CCN(C3CCN(C4CC4)C3=O)CC2)ncn1. The van der Waals surface area contributed by atoms with Gasteiger partial charge in [-0.2, -0.15) is 0 Å². The van der Waals surface area contributed by atoms with Crippen molar-refractivity contribution in [1.29, 1.82) is 0 Å². The van der Waals surface area contributed by atoms with Gasteiger partial charge in [0.25, 0.3) is 0 Å². The molecule has 1 aromatic heterocycles. The van der Waals surface area contributed by atoms with Crippen LogP contribution in [0, 0.1) is 6.92 Å². The Kier molecular flexibility index (Phi) is 4.11. The van der Waals surface area contributed by atoms with Crippen LogP contribution < -0.4 is 4.90 Å². The summed E-state index contributed by atoms with van der Waals surface area (Å²) in [6, 6.07) is 4.03. The van der Waals surface area contributed by atoms with Crippen molar-refractivity contribution in [3.8, 4) is 0 Å². The van der Waals surface area contributed by atoms with E-state index in [1.807, 2.05) is 6.92 Å². The monoisotopic (exact) mass is 355 g/mol. The topological polar surface area (TPSA) is 52.6 Å². The van der Waals surface area contributed by atoms with Gasteiger partial charge in [0.1, 0.15) is 12.1 Å². The van der Waals surface area contributed by atoms with Crippen LogP contribution in [-0.2, 0) is 4.79 Å². The molecule has 0 N–H and O–H groups in total. The minimum atomic E-state index is 0.146. The normalized spacial score (nSPS) is 28.0. The Hall–Kier alpha value is -1.69. The Morgan fingerprint density at radius 1 is 0.962 bits per heavy atom. The summed E-state index contributed by atoms with van der Waals surface area (Å²) in [6.45, 7) is 5.08. The fourth-order valence-electron chi connectivity index (χ4n) is 4.86. The van der Waals surface area contributed by atoms with Gasteiger partial charge in [-0.3, -0.25) is 9.69 Å². The van der Waals surface area contributed by atoms with Crippen molar-refractivity contribution >= 4 is 11.7 Å². The van der Waals surface area contributed by atoms with Crippen molar-refractivity contribution in [3.05, 3.63) is 18.1 Å². The minimum absolute atomic E-state index is 0.146. The molecule has 1 amide bonds. The summed E-state index contributed by atoms with van der Waals surface area (Å²) >= 11 is 0. The molecule has 1 aromatic rings.